The number of rotatable bonds is 10. The summed E-state index contributed by atoms with van der Waals surface area (Å²) in [5, 5.41) is 2.93. The van der Waals surface area contributed by atoms with Gasteiger partial charge in [-0.05, 0) is 42.7 Å². The van der Waals surface area contributed by atoms with Crippen molar-refractivity contribution < 1.29 is 23.7 Å². The van der Waals surface area contributed by atoms with Crippen LogP contribution in [0.4, 0.5) is 0 Å². The quantitative estimate of drug-likeness (QED) is 0.693. The third kappa shape index (κ3) is 5.81. The van der Waals surface area contributed by atoms with Crippen LogP contribution in [0.2, 0.25) is 0 Å². The number of amides is 1. The van der Waals surface area contributed by atoms with Crippen LogP contribution >= 0.6 is 0 Å². The van der Waals surface area contributed by atoms with E-state index in [1.54, 1.807) is 27.4 Å². The topological polar surface area (TPSA) is 66.0 Å². The second kappa shape index (κ2) is 10.3. The Bertz CT molecular complexity index is 747. The summed E-state index contributed by atoms with van der Waals surface area (Å²) in [6.07, 6.45) is 0.698. The van der Waals surface area contributed by atoms with Crippen molar-refractivity contribution in [3.63, 3.8) is 0 Å². The number of carbonyl (C=O) groups excluding carboxylic acids is 1. The second-order valence-electron chi connectivity index (χ2n) is 5.92. The van der Waals surface area contributed by atoms with Crippen LogP contribution in [0.3, 0.4) is 0 Å². The molecule has 0 saturated carbocycles. The molecule has 1 atom stereocenters. The molecule has 0 fully saturated rings. The molecule has 0 bridgehead atoms. The van der Waals surface area contributed by atoms with Gasteiger partial charge >= 0.3 is 0 Å². The standard InChI is InChI=1S/C21H27NO5/c1-5-18(27-17-8-6-7-16(14-17)24-2)21(23)22-12-11-15-9-10-19(25-3)20(13-15)26-4/h6-10,13-14,18H,5,11-12H2,1-4H3,(H,22,23). The van der Waals surface area contributed by atoms with Gasteiger partial charge < -0.3 is 24.3 Å². The van der Waals surface area contributed by atoms with Gasteiger partial charge in [-0.25, -0.2) is 0 Å². The molecule has 0 aliphatic carbocycles. The largest absolute Gasteiger partial charge is 0.497 e. The molecule has 1 N–H and O–H groups in total. The van der Waals surface area contributed by atoms with E-state index in [9.17, 15) is 4.79 Å². The van der Waals surface area contributed by atoms with Crippen molar-refractivity contribution in [2.75, 3.05) is 27.9 Å². The lowest BCUT2D eigenvalue weighted by Gasteiger charge is -2.18. The van der Waals surface area contributed by atoms with Crippen LogP contribution in [0.15, 0.2) is 42.5 Å². The molecule has 1 unspecified atom stereocenters. The Labute approximate surface area is 160 Å². The van der Waals surface area contributed by atoms with Gasteiger partial charge in [-0.3, -0.25) is 4.79 Å². The number of benzene rings is 2. The molecule has 6 nitrogen and oxygen atoms in total. The summed E-state index contributed by atoms with van der Waals surface area (Å²) in [6, 6.07) is 13.0. The zero-order valence-corrected chi connectivity index (χ0v) is 16.3. The minimum Gasteiger partial charge on any atom is -0.497 e. The number of methoxy groups -OCH3 is 3. The molecule has 6 heteroatoms. The van der Waals surface area contributed by atoms with Crippen LogP contribution in [0.5, 0.6) is 23.0 Å². The Hall–Kier alpha value is -2.89. The molecular weight excluding hydrogens is 346 g/mol. The zero-order valence-electron chi connectivity index (χ0n) is 16.3. The molecule has 2 rings (SSSR count). The van der Waals surface area contributed by atoms with E-state index in [0.29, 0.717) is 42.4 Å². The summed E-state index contributed by atoms with van der Waals surface area (Å²) in [5.74, 6) is 2.52. The van der Waals surface area contributed by atoms with E-state index in [1.165, 1.54) is 0 Å². The first-order chi connectivity index (χ1) is 13.1. The van der Waals surface area contributed by atoms with Crippen molar-refractivity contribution in [3.05, 3.63) is 48.0 Å². The van der Waals surface area contributed by atoms with E-state index < -0.39 is 6.10 Å². The highest BCUT2D eigenvalue weighted by atomic mass is 16.5. The Morgan fingerprint density at radius 1 is 0.963 bits per heavy atom. The maximum Gasteiger partial charge on any atom is 0.261 e. The van der Waals surface area contributed by atoms with Gasteiger partial charge in [-0.1, -0.05) is 19.1 Å². The summed E-state index contributed by atoms with van der Waals surface area (Å²) in [4.78, 5) is 12.4. The average Bonchev–Trinajstić information content (AvgIpc) is 2.71. The minimum absolute atomic E-state index is 0.138. The molecule has 0 aromatic heterocycles. The van der Waals surface area contributed by atoms with Gasteiger partial charge in [-0.15, -0.1) is 0 Å². The van der Waals surface area contributed by atoms with Crippen LogP contribution in [0.1, 0.15) is 18.9 Å². The Kier molecular flexibility index (Phi) is 7.79. The van der Waals surface area contributed by atoms with Crippen molar-refractivity contribution in [2.24, 2.45) is 0 Å². The highest BCUT2D eigenvalue weighted by Crippen LogP contribution is 2.27. The fraction of sp³-hybridized carbons (Fsp3) is 0.381. The van der Waals surface area contributed by atoms with Crippen LogP contribution in [-0.4, -0.2) is 39.9 Å². The average molecular weight is 373 g/mol. The van der Waals surface area contributed by atoms with Crippen molar-refractivity contribution in [2.45, 2.75) is 25.9 Å². The predicted octanol–water partition coefficient (Wildman–Crippen LogP) is 3.23. The van der Waals surface area contributed by atoms with E-state index >= 15 is 0 Å². The summed E-state index contributed by atoms with van der Waals surface area (Å²) < 4.78 is 21.5. The van der Waals surface area contributed by atoms with Crippen LogP contribution in [0, 0.1) is 0 Å². The van der Waals surface area contributed by atoms with E-state index in [-0.39, 0.29) is 5.91 Å². The Morgan fingerprint density at radius 3 is 2.37 bits per heavy atom. The van der Waals surface area contributed by atoms with E-state index in [0.717, 1.165) is 5.56 Å². The van der Waals surface area contributed by atoms with E-state index in [1.807, 2.05) is 43.3 Å². The number of carbonyl (C=O) groups is 1. The van der Waals surface area contributed by atoms with Gasteiger partial charge in [0.1, 0.15) is 11.5 Å². The number of hydrogen-bond donors (Lipinski definition) is 1. The summed E-state index contributed by atoms with van der Waals surface area (Å²) in [6.45, 7) is 2.42. The number of nitrogens with one attached hydrogen (secondary N) is 1. The highest BCUT2D eigenvalue weighted by Gasteiger charge is 2.18. The lowest BCUT2D eigenvalue weighted by atomic mass is 10.1. The molecule has 146 valence electrons. The van der Waals surface area contributed by atoms with E-state index in [4.69, 9.17) is 18.9 Å². The third-order valence-corrected chi connectivity index (χ3v) is 4.14. The van der Waals surface area contributed by atoms with Gasteiger partial charge in [-0.2, -0.15) is 0 Å². The fourth-order valence-corrected chi connectivity index (χ4v) is 2.64. The van der Waals surface area contributed by atoms with Crippen molar-refractivity contribution >= 4 is 5.91 Å². The SMILES string of the molecule is CCC(Oc1cccc(OC)c1)C(=O)NCCc1ccc(OC)c(OC)c1. The first-order valence-electron chi connectivity index (χ1n) is 8.90. The number of hydrogen-bond acceptors (Lipinski definition) is 5. The molecule has 0 spiro atoms. The molecule has 0 radical (unpaired) electrons. The van der Waals surface area contributed by atoms with Gasteiger partial charge in [0.05, 0.1) is 21.3 Å². The smallest absolute Gasteiger partial charge is 0.261 e. The van der Waals surface area contributed by atoms with Crippen LogP contribution in [-0.2, 0) is 11.2 Å². The van der Waals surface area contributed by atoms with Crippen molar-refractivity contribution in [1.29, 1.82) is 0 Å². The molecule has 2 aromatic carbocycles. The summed E-state index contributed by atoms with van der Waals surface area (Å²) in [7, 11) is 4.80. The molecular formula is C21H27NO5. The maximum atomic E-state index is 12.4. The molecule has 0 heterocycles. The monoisotopic (exact) mass is 373 g/mol. The second-order valence-corrected chi connectivity index (χ2v) is 5.92. The first kappa shape index (κ1) is 20.4. The van der Waals surface area contributed by atoms with Gasteiger partial charge in [0.25, 0.3) is 5.91 Å². The lowest BCUT2D eigenvalue weighted by molar-refractivity contribution is -0.128. The highest BCUT2D eigenvalue weighted by molar-refractivity contribution is 5.81. The molecule has 0 aliphatic heterocycles. The van der Waals surface area contributed by atoms with Crippen molar-refractivity contribution in [1.82, 2.24) is 5.32 Å². The molecule has 1 amide bonds. The maximum absolute atomic E-state index is 12.4. The van der Waals surface area contributed by atoms with Gasteiger partial charge in [0.15, 0.2) is 17.6 Å². The predicted molar refractivity (Wildman–Crippen MR) is 104 cm³/mol. The molecule has 0 saturated heterocycles. The fourth-order valence-electron chi connectivity index (χ4n) is 2.64. The minimum atomic E-state index is -0.553. The van der Waals surface area contributed by atoms with Crippen LogP contribution in [0.25, 0.3) is 0 Å². The Morgan fingerprint density at radius 2 is 1.70 bits per heavy atom. The van der Waals surface area contributed by atoms with Crippen molar-refractivity contribution in [3.8, 4) is 23.0 Å². The molecule has 2 aromatic rings. The zero-order chi connectivity index (χ0) is 19.6. The normalized spacial score (nSPS) is 11.4. The Balaban J connectivity index is 1.89. The molecule has 27 heavy (non-hydrogen) atoms. The first-order valence-corrected chi connectivity index (χ1v) is 8.90. The summed E-state index contributed by atoms with van der Waals surface area (Å²) in [5.41, 5.74) is 1.05. The van der Waals surface area contributed by atoms with Gasteiger partial charge in [0, 0.05) is 12.6 Å². The van der Waals surface area contributed by atoms with Gasteiger partial charge in [0.2, 0.25) is 0 Å². The van der Waals surface area contributed by atoms with Crippen LogP contribution < -0.4 is 24.3 Å². The third-order valence-electron chi connectivity index (χ3n) is 4.14. The summed E-state index contributed by atoms with van der Waals surface area (Å²) >= 11 is 0. The number of ether oxygens (including phenoxy) is 4. The van der Waals surface area contributed by atoms with E-state index in [2.05, 4.69) is 5.32 Å². The lowest BCUT2D eigenvalue weighted by Crippen LogP contribution is -2.38. The molecule has 0 aliphatic rings.